The minimum atomic E-state index is -0.490. The second-order valence-corrected chi connectivity index (χ2v) is 6.75. The first-order chi connectivity index (χ1) is 13.0. The van der Waals surface area contributed by atoms with Crippen molar-refractivity contribution in [2.24, 2.45) is 0 Å². The molecule has 0 N–H and O–H groups in total. The van der Waals surface area contributed by atoms with E-state index in [1.165, 1.54) is 0 Å². The summed E-state index contributed by atoms with van der Waals surface area (Å²) in [6.07, 6.45) is 2.70. The van der Waals surface area contributed by atoms with Crippen LogP contribution < -0.4 is 9.47 Å². The largest absolute Gasteiger partial charge is 0.492 e. The van der Waals surface area contributed by atoms with E-state index in [0.29, 0.717) is 40.3 Å². The van der Waals surface area contributed by atoms with Gasteiger partial charge in [-0.15, -0.1) is 0 Å². The normalized spacial score (nSPS) is 10.3. The van der Waals surface area contributed by atoms with Gasteiger partial charge in [0.1, 0.15) is 11.5 Å². The van der Waals surface area contributed by atoms with Gasteiger partial charge in [-0.3, -0.25) is 0 Å². The number of unbranched alkanes of at least 4 members (excludes halogenated alkanes) is 1. The molecule has 0 unspecified atom stereocenters. The van der Waals surface area contributed by atoms with Crippen LogP contribution in [-0.4, -0.2) is 25.2 Å². The maximum Gasteiger partial charge on any atom is 0.343 e. The highest BCUT2D eigenvalue weighted by molar-refractivity contribution is 9.10. The summed E-state index contributed by atoms with van der Waals surface area (Å²) < 4.78 is 16.8. The average Bonchev–Trinajstić information content (AvgIpc) is 2.67. The standard InChI is InChI=1S/C21H23BrO5/c1-3-5-13-26-20(23)15-6-9-17(10-7-15)27-21(24)16-8-11-19(18(22)14-16)25-12-4-2/h6-11,14H,3-5,12-13H2,1-2H3. The lowest BCUT2D eigenvalue weighted by Gasteiger charge is -2.09. The predicted octanol–water partition coefficient (Wildman–Crippen LogP) is 5.41. The van der Waals surface area contributed by atoms with Crippen molar-refractivity contribution in [1.82, 2.24) is 0 Å². The van der Waals surface area contributed by atoms with E-state index in [1.807, 2.05) is 13.8 Å². The Morgan fingerprint density at radius 3 is 2.22 bits per heavy atom. The van der Waals surface area contributed by atoms with Gasteiger partial charge >= 0.3 is 11.9 Å². The monoisotopic (exact) mass is 434 g/mol. The predicted molar refractivity (Wildman–Crippen MR) is 107 cm³/mol. The zero-order valence-corrected chi connectivity index (χ0v) is 17.1. The quantitative estimate of drug-likeness (QED) is 0.299. The lowest BCUT2D eigenvalue weighted by molar-refractivity contribution is 0.0499. The van der Waals surface area contributed by atoms with Crippen LogP contribution in [0.1, 0.15) is 53.8 Å². The number of benzene rings is 2. The van der Waals surface area contributed by atoms with Crippen molar-refractivity contribution in [2.45, 2.75) is 33.1 Å². The molecule has 0 bridgehead atoms. The molecule has 2 aromatic rings. The van der Waals surface area contributed by atoms with E-state index < -0.39 is 5.97 Å². The van der Waals surface area contributed by atoms with Gasteiger partial charge in [-0.1, -0.05) is 20.3 Å². The van der Waals surface area contributed by atoms with Gasteiger partial charge in [-0.25, -0.2) is 9.59 Å². The summed E-state index contributed by atoms with van der Waals surface area (Å²) in [6, 6.07) is 11.3. The van der Waals surface area contributed by atoms with Gasteiger partial charge in [0.25, 0.3) is 0 Å². The fourth-order valence-electron chi connectivity index (χ4n) is 2.17. The highest BCUT2D eigenvalue weighted by Gasteiger charge is 2.13. The van der Waals surface area contributed by atoms with Crippen molar-refractivity contribution in [3.05, 3.63) is 58.1 Å². The van der Waals surface area contributed by atoms with Gasteiger partial charge in [0.2, 0.25) is 0 Å². The van der Waals surface area contributed by atoms with E-state index in [0.717, 1.165) is 19.3 Å². The number of ether oxygens (including phenoxy) is 3. The third-order valence-corrected chi connectivity index (χ3v) is 4.28. The fraction of sp³-hybridized carbons (Fsp3) is 0.333. The summed E-state index contributed by atoms with van der Waals surface area (Å²) in [5.74, 6) is 0.163. The van der Waals surface area contributed by atoms with E-state index in [9.17, 15) is 9.59 Å². The van der Waals surface area contributed by atoms with Crippen LogP contribution in [0.4, 0.5) is 0 Å². The highest BCUT2D eigenvalue weighted by Crippen LogP contribution is 2.27. The molecule has 144 valence electrons. The van der Waals surface area contributed by atoms with Crippen LogP contribution in [0.25, 0.3) is 0 Å². The maximum absolute atomic E-state index is 12.3. The molecule has 0 saturated heterocycles. The Morgan fingerprint density at radius 1 is 0.889 bits per heavy atom. The molecule has 0 atom stereocenters. The number of esters is 2. The molecule has 2 rings (SSSR count). The molecule has 0 spiro atoms. The van der Waals surface area contributed by atoms with Crippen molar-refractivity contribution in [3.63, 3.8) is 0 Å². The molecule has 0 fully saturated rings. The first-order valence-corrected chi connectivity index (χ1v) is 9.76. The molecule has 5 nitrogen and oxygen atoms in total. The number of hydrogen-bond donors (Lipinski definition) is 0. The minimum absolute atomic E-state index is 0.354. The second-order valence-electron chi connectivity index (χ2n) is 5.90. The molecule has 0 aliphatic carbocycles. The molecule has 0 amide bonds. The van der Waals surface area contributed by atoms with Crippen LogP contribution in [0.15, 0.2) is 46.9 Å². The van der Waals surface area contributed by atoms with Crippen molar-refractivity contribution >= 4 is 27.9 Å². The molecule has 0 aromatic heterocycles. The molecule has 0 radical (unpaired) electrons. The number of carbonyl (C=O) groups excluding carboxylic acids is 2. The van der Waals surface area contributed by atoms with Gasteiger partial charge in [0.15, 0.2) is 0 Å². The van der Waals surface area contributed by atoms with E-state index in [2.05, 4.69) is 15.9 Å². The summed E-state index contributed by atoms with van der Waals surface area (Å²) in [5.41, 5.74) is 0.819. The van der Waals surface area contributed by atoms with Crippen LogP contribution in [0, 0.1) is 0 Å². The fourth-order valence-corrected chi connectivity index (χ4v) is 2.67. The van der Waals surface area contributed by atoms with Crippen molar-refractivity contribution in [2.75, 3.05) is 13.2 Å². The summed E-state index contributed by atoms with van der Waals surface area (Å²) in [6.45, 7) is 5.06. The Bertz CT molecular complexity index is 771. The second kappa shape index (κ2) is 10.7. The van der Waals surface area contributed by atoms with Crippen molar-refractivity contribution in [3.8, 4) is 11.5 Å². The topological polar surface area (TPSA) is 61.8 Å². The van der Waals surface area contributed by atoms with Crippen LogP contribution in [0.2, 0.25) is 0 Å². The summed E-state index contributed by atoms with van der Waals surface area (Å²) in [7, 11) is 0. The first-order valence-electron chi connectivity index (χ1n) is 8.96. The van der Waals surface area contributed by atoms with E-state index in [-0.39, 0.29) is 5.97 Å². The van der Waals surface area contributed by atoms with Gasteiger partial charge in [0, 0.05) is 0 Å². The third-order valence-electron chi connectivity index (χ3n) is 3.66. The molecule has 27 heavy (non-hydrogen) atoms. The SMILES string of the molecule is CCCCOC(=O)c1ccc(OC(=O)c2ccc(OCCC)c(Br)c2)cc1. The van der Waals surface area contributed by atoms with Crippen molar-refractivity contribution in [1.29, 1.82) is 0 Å². The first kappa shape index (κ1) is 21.0. The number of hydrogen-bond acceptors (Lipinski definition) is 5. The summed E-state index contributed by atoms with van der Waals surface area (Å²) in [5, 5.41) is 0. The molecular weight excluding hydrogens is 412 g/mol. The maximum atomic E-state index is 12.3. The van der Waals surface area contributed by atoms with Crippen molar-refractivity contribution < 1.29 is 23.8 Å². The number of carbonyl (C=O) groups is 2. The highest BCUT2D eigenvalue weighted by atomic mass is 79.9. The van der Waals surface area contributed by atoms with E-state index >= 15 is 0 Å². The molecular formula is C21H23BrO5. The van der Waals surface area contributed by atoms with Gasteiger partial charge < -0.3 is 14.2 Å². The third kappa shape index (κ3) is 6.40. The Labute approximate surface area is 167 Å². The lowest BCUT2D eigenvalue weighted by atomic mass is 10.2. The zero-order valence-electron chi connectivity index (χ0n) is 15.5. The zero-order chi connectivity index (χ0) is 19.6. The van der Waals surface area contributed by atoms with Gasteiger partial charge in [0.05, 0.1) is 28.8 Å². The summed E-state index contributed by atoms with van der Waals surface area (Å²) in [4.78, 5) is 24.2. The molecule has 2 aromatic carbocycles. The van der Waals surface area contributed by atoms with Crippen LogP contribution in [-0.2, 0) is 4.74 Å². The smallest absolute Gasteiger partial charge is 0.343 e. The molecule has 0 saturated carbocycles. The molecule has 0 aliphatic heterocycles. The average molecular weight is 435 g/mol. The van der Waals surface area contributed by atoms with Crippen LogP contribution in [0.3, 0.4) is 0 Å². The summed E-state index contributed by atoms with van der Waals surface area (Å²) >= 11 is 3.40. The van der Waals surface area contributed by atoms with Gasteiger partial charge in [-0.05, 0) is 71.2 Å². The number of halogens is 1. The Kier molecular flexibility index (Phi) is 8.33. The Balaban J connectivity index is 1.97. The van der Waals surface area contributed by atoms with Crippen LogP contribution >= 0.6 is 15.9 Å². The molecule has 0 aliphatic rings. The molecule has 0 heterocycles. The Morgan fingerprint density at radius 2 is 1.59 bits per heavy atom. The number of rotatable bonds is 9. The minimum Gasteiger partial charge on any atom is -0.492 e. The van der Waals surface area contributed by atoms with E-state index in [1.54, 1.807) is 42.5 Å². The van der Waals surface area contributed by atoms with E-state index in [4.69, 9.17) is 14.2 Å². The van der Waals surface area contributed by atoms with Gasteiger partial charge in [-0.2, -0.15) is 0 Å². The van der Waals surface area contributed by atoms with Crippen LogP contribution in [0.5, 0.6) is 11.5 Å². The lowest BCUT2D eigenvalue weighted by Crippen LogP contribution is -2.09. The molecule has 6 heteroatoms. The Hall–Kier alpha value is -2.34.